The number of carbonyl (C=O) groups excluding carboxylic acids is 1. The molecule has 0 saturated heterocycles. The Morgan fingerprint density at radius 2 is 1.39 bits per heavy atom. The number of nitrogens with one attached hydrogen (secondary N) is 1. The van der Waals surface area contributed by atoms with Crippen molar-refractivity contribution in [2.24, 2.45) is 23.2 Å². The summed E-state index contributed by atoms with van der Waals surface area (Å²) in [6, 6.07) is 8.04. The van der Waals surface area contributed by atoms with Crippen molar-refractivity contribution < 1.29 is 9.53 Å². The maximum Gasteiger partial charge on any atom is 0.229 e. The van der Waals surface area contributed by atoms with Gasteiger partial charge in [0.05, 0.1) is 12.0 Å². The third-order valence-electron chi connectivity index (χ3n) is 7.90. The van der Waals surface area contributed by atoms with Gasteiger partial charge in [0.1, 0.15) is 0 Å². The molecule has 2 aromatic heterocycles. The van der Waals surface area contributed by atoms with E-state index in [2.05, 4.69) is 15.3 Å². The topological polar surface area (TPSA) is 64.1 Å². The third-order valence-corrected chi connectivity index (χ3v) is 7.90. The second kappa shape index (κ2) is 8.34. The second-order valence-corrected chi connectivity index (χ2v) is 10.4. The van der Waals surface area contributed by atoms with E-state index in [1.54, 1.807) is 31.9 Å². The fraction of sp³-hybridized carbons (Fsp3) is 0.577. The molecule has 6 rings (SSSR count). The molecule has 5 nitrogen and oxygen atoms in total. The minimum absolute atomic E-state index is 0.0126. The molecular weight excluding hydrogens is 386 g/mol. The van der Waals surface area contributed by atoms with Gasteiger partial charge in [-0.05, 0) is 105 Å². The lowest BCUT2D eigenvalue weighted by Gasteiger charge is -2.57. The highest BCUT2D eigenvalue weighted by molar-refractivity contribution is 5.84. The highest BCUT2D eigenvalue weighted by atomic mass is 16.5. The molecule has 0 radical (unpaired) electrons. The van der Waals surface area contributed by atoms with Gasteiger partial charge in [0, 0.05) is 37.4 Å². The number of methoxy groups -OCH3 is 1. The predicted octanol–water partition coefficient (Wildman–Crippen LogP) is 3.98. The largest absolute Gasteiger partial charge is 0.384 e. The number of aromatic nitrogens is 2. The molecule has 164 valence electrons. The van der Waals surface area contributed by atoms with Gasteiger partial charge < -0.3 is 10.1 Å². The molecule has 1 amide bonds. The van der Waals surface area contributed by atoms with Crippen LogP contribution in [0.2, 0.25) is 0 Å². The summed E-state index contributed by atoms with van der Waals surface area (Å²) in [5.41, 5.74) is 1.55. The van der Waals surface area contributed by atoms with Crippen molar-refractivity contribution in [3.8, 4) is 0 Å². The van der Waals surface area contributed by atoms with Crippen LogP contribution in [0.5, 0.6) is 0 Å². The molecular formula is C26H33N3O2. The lowest BCUT2D eigenvalue weighted by atomic mass is 9.53. The SMILES string of the molecule is COCC(Cc1ccncc1)(Cc1ccncc1)C(=O)NC12CC3CC(CC(C3)C1)C2. The van der Waals surface area contributed by atoms with E-state index in [9.17, 15) is 4.79 Å². The van der Waals surface area contributed by atoms with E-state index in [0.717, 1.165) is 48.1 Å². The molecule has 4 saturated carbocycles. The molecule has 0 unspecified atom stereocenters. The van der Waals surface area contributed by atoms with Crippen molar-refractivity contribution in [3.63, 3.8) is 0 Å². The number of hydrogen-bond acceptors (Lipinski definition) is 4. The van der Waals surface area contributed by atoms with Gasteiger partial charge >= 0.3 is 0 Å². The summed E-state index contributed by atoms with van der Waals surface area (Å²) in [7, 11) is 1.70. The second-order valence-electron chi connectivity index (χ2n) is 10.4. The molecule has 0 atom stereocenters. The highest BCUT2D eigenvalue weighted by Crippen LogP contribution is 2.55. The van der Waals surface area contributed by atoms with E-state index in [0.29, 0.717) is 19.4 Å². The number of hydrogen-bond donors (Lipinski definition) is 1. The van der Waals surface area contributed by atoms with E-state index in [-0.39, 0.29) is 11.4 Å². The minimum Gasteiger partial charge on any atom is -0.384 e. The molecule has 1 N–H and O–H groups in total. The Labute approximate surface area is 185 Å². The van der Waals surface area contributed by atoms with E-state index in [1.807, 2.05) is 24.3 Å². The standard InChI is InChI=1S/C26H33N3O2/c1-31-18-25(13-19-2-6-27-7-3-19,14-20-4-8-28-9-5-20)24(30)29-26-15-21-10-22(16-26)12-23(11-21)17-26/h2-9,21-23H,10-18H2,1H3,(H,29,30). The van der Waals surface area contributed by atoms with Crippen LogP contribution in [0.1, 0.15) is 49.7 Å². The number of carbonyl (C=O) groups is 1. The summed E-state index contributed by atoms with van der Waals surface area (Å²) in [6.45, 7) is 0.385. The fourth-order valence-corrected chi connectivity index (χ4v) is 7.09. The summed E-state index contributed by atoms with van der Waals surface area (Å²) >= 11 is 0. The first-order chi connectivity index (χ1) is 15.1. The zero-order valence-corrected chi connectivity index (χ0v) is 18.4. The van der Waals surface area contributed by atoms with Gasteiger partial charge in [0.15, 0.2) is 0 Å². The van der Waals surface area contributed by atoms with Gasteiger partial charge in [-0.25, -0.2) is 0 Å². The van der Waals surface area contributed by atoms with Gasteiger partial charge in [-0.2, -0.15) is 0 Å². The normalized spacial score (nSPS) is 29.1. The van der Waals surface area contributed by atoms with E-state index < -0.39 is 5.41 Å². The van der Waals surface area contributed by atoms with Gasteiger partial charge in [0.25, 0.3) is 0 Å². The first-order valence-corrected chi connectivity index (χ1v) is 11.7. The van der Waals surface area contributed by atoms with Crippen molar-refractivity contribution in [1.29, 1.82) is 0 Å². The molecule has 4 bridgehead atoms. The van der Waals surface area contributed by atoms with Gasteiger partial charge in [0.2, 0.25) is 5.91 Å². The van der Waals surface area contributed by atoms with Crippen LogP contribution in [0.25, 0.3) is 0 Å². The Morgan fingerprint density at radius 3 is 1.81 bits per heavy atom. The van der Waals surface area contributed by atoms with E-state index in [1.165, 1.54) is 19.3 Å². The van der Waals surface area contributed by atoms with E-state index in [4.69, 9.17) is 4.74 Å². The average Bonchev–Trinajstić information content (AvgIpc) is 2.74. The van der Waals surface area contributed by atoms with Crippen molar-refractivity contribution in [1.82, 2.24) is 15.3 Å². The number of amides is 1. The number of nitrogens with zero attached hydrogens (tertiary/aromatic N) is 2. The number of rotatable bonds is 8. The summed E-state index contributed by atoms with van der Waals surface area (Å²) < 4.78 is 5.70. The van der Waals surface area contributed by atoms with Crippen LogP contribution in [0.15, 0.2) is 49.1 Å². The molecule has 31 heavy (non-hydrogen) atoms. The number of ether oxygens (including phenoxy) is 1. The lowest BCUT2D eigenvalue weighted by molar-refractivity contribution is -0.140. The van der Waals surface area contributed by atoms with Crippen LogP contribution in [0, 0.1) is 23.2 Å². The highest BCUT2D eigenvalue weighted by Gasteiger charge is 2.53. The first-order valence-electron chi connectivity index (χ1n) is 11.7. The quantitative estimate of drug-likeness (QED) is 0.703. The minimum atomic E-state index is -0.666. The molecule has 0 aromatic carbocycles. The van der Waals surface area contributed by atoms with Gasteiger partial charge in [-0.15, -0.1) is 0 Å². The average molecular weight is 420 g/mol. The molecule has 5 heteroatoms. The van der Waals surface area contributed by atoms with Crippen LogP contribution in [-0.4, -0.2) is 35.1 Å². The smallest absolute Gasteiger partial charge is 0.229 e. The Morgan fingerprint density at radius 1 is 0.935 bits per heavy atom. The zero-order valence-electron chi connectivity index (χ0n) is 18.4. The van der Waals surface area contributed by atoms with Crippen LogP contribution in [0.4, 0.5) is 0 Å². The number of pyridine rings is 2. The van der Waals surface area contributed by atoms with Crippen molar-refractivity contribution in [2.75, 3.05) is 13.7 Å². The molecule has 4 aliphatic rings. The monoisotopic (exact) mass is 419 g/mol. The Bertz CT molecular complexity index is 823. The van der Waals surface area contributed by atoms with Crippen LogP contribution >= 0.6 is 0 Å². The van der Waals surface area contributed by atoms with Crippen molar-refractivity contribution in [2.45, 2.75) is 56.9 Å². The summed E-state index contributed by atoms with van der Waals surface area (Å²) in [6.07, 6.45) is 16.0. The summed E-state index contributed by atoms with van der Waals surface area (Å²) in [5.74, 6) is 2.53. The van der Waals surface area contributed by atoms with Crippen molar-refractivity contribution in [3.05, 3.63) is 60.2 Å². The van der Waals surface area contributed by atoms with E-state index >= 15 is 0 Å². The lowest BCUT2D eigenvalue weighted by Crippen LogP contribution is -2.63. The van der Waals surface area contributed by atoms with Gasteiger partial charge in [-0.3, -0.25) is 14.8 Å². The van der Waals surface area contributed by atoms with Crippen LogP contribution in [0.3, 0.4) is 0 Å². The maximum atomic E-state index is 14.1. The molecule has 0 aliphatic heterocycles. The van der Waals surface area contributed by atoms with Crippen LogP contribution < -0.4 is 5.32 Å². The first kappa shape index (κ1) is 20.6. The van der Waals surface area contributed by atoms with Gasteiger partial charge in [-0.1, -0.05) is 0 Å². The van der Waals surface area contributed by atoms with Crippen molar-refractivity contribution >= 4 is 5.91 Å². The predicted molar refractivity (Wildman–Crippen MR) is 119 cm³/mol. The third kappa shape index (κ3) is 4.25. The Hall–Kier alpha value is -2.27. The maximum absolute atomic E-state index is 14.1. The molecule has 4 aliphatic carbocycles. The fourth-order valence-electron chi connectivity index (χ4n) is 7.09. The molecule has 0 spiro atoms. The Balaban J connectivity index is 1.45. The molecule has 2 aromatic rings. The molecule has 2 heterocycles. The van der Waals surface area contributed by atoms with Crippen LogP contribution in [-0.2, 0) is 22.4 Å². The zero-order chi connectivity index (χ0) is 21.3. The Kier molecular flexibility index (Phi) is 5.55. The summed E-state index contributed by atoms with van der Waals surface area (Å²) in [5, 5.41) is 3.64. The molecule has 4 fully saturated rings. The summed E-state index contributed by atoms with van der Waals surface area (Å²) in [4.78, 5) is 22.4.